The number of aryl methyl sites for hydroxylation is 1. The molecule has 0 saturated carbocycles. The van der Waals surface area contributed by atoms with Crippen LogP contribution in [-0.4, -0.2) is 10.9 Å². The first kappa shape index (κ1) is 15.4. The molecular weight excluding hydrogens is 298 g/mol. The van der Waals surface area contributed by atoms with Crippen LogP contribution in [0.2, 0.25) is 5.15 Å². The summed E-state index contributed by atoms with van der Waals surface area (Å²) in [5.74, 6) is -2.07. The zero-order chi connectivity index (χ0) is 15.4. The molecule has 0 aliphatic carbocycles. The van der Waals surface area contributed by atoms with Gasteiger partial charge in [-0.2, -0.15) is 0 Å². The van der Waals surface area contributed by atoms with Crippen molar-refractivity contribution in [1.29, 1.82) is 0 Å². The Morgan fingerprint density at radius 1 is 1.29 bits per heavy atom. The maximum Gasteiger partial charge on any atom is 0.255 e. The smallest absolute Gasteiger partial charge is 0.255 e. The number of nitrogens with one attached hydrogen (secondary N) is 1. The average molecular weight is 311 g/mol. The Morgan fingerprint density at radius 2 is 2.05 bits per heavy atom. The number of benzene rings is 1. The first-order valence-corrected chi connectivity index (χ1v) is 6.80. The lowest BCUT2D eigenvalue weighted by molar-refractivity contribution is 0.102. The van der Waals surface area contributed by atoms with Gasteiger partial charge in [-0.05, 0) is 30.7 Å². The van der Waals surface area contributed by atoms with E-state index in [1.807, 2.05) is 6.92 Å². The monoisotopic (exact) mass is 310 g/mol. The Bertz CT molecular complexity index is 677. The molecular formula is C15H13ClF2N2O. The van der Waals surface area contributed by atoms with E-state index in [2.05, 4.69) is 10.3 Å². The van der Waals surface area contributed by atoms with E-state index in [1.165, 1.54) is 6.07 Å². The van der Waals surface area contributed by atoms with Crippen molar-refractivity contribution in [2.24, 2.45) is 0 Å². The zero-order valence-corrected chi connectivity index (χ0v) is 12.0. The van der Waals surface area contributed by atoms with Gasteiger partial charge in [-0.1, -0.05) is 24.9 Å². The van der Waals surface area contributed by atoms with Crippen LogP contribution in [0.15, 0.2) is 30.3 Å². The minimum absolute atomic E-state index is 0.0913. The maximum atomic E-state index is 13.5. The Balaban J connectivity index is 2.23. The van der Waals surface area contributed by atoms with Crippen molar-refractivity contribution in [3.8, 4) is 0 Å². The fourth-order valence-electron chi connectivity index (χ4n) is 1.85. The second-order valence-corrected chi connectivity index (χ2v) is 4.89. The largest absolute Gasteiger partial charge is 0.319 e. The van der Waals surface area contributed by atoms with Crippen molar-refractivity contribution in [2.45, 2.75) is 19.8 Å². The predicted molar refractivity (Wildman–Crippen MR) is 77.6 cm³/mol. The van der Waals surface area contributed by atoms with Gasteiger partial charge in [0.1, 0.15) is 16.8 Å². The fraction of sp³-hybridized carbons (Fsp3) is 0.200. The number of hydrogen-bond donors (Lipinski definition) is 1. The number of halogens is 3. The van der Waals surface area contributed by atoms with E-state index in [9.17, 15) is 13.6 Å². The summed E-state index contributed by atoms with van der Waals surface area (Å²) in [6, 6.07) is 5.94. The Labute approximate surface area is 126 Å². The van der Waals surface area contributed by atoms with Crippen molar-refractivity contribution in [3.05, 3.63) is 58.4 Å². The number of nitrogens with zero attached hydrogens (tertiary/aromatic N) is 1. The third kappa shape index (κ3) is 3.98. The molecule has 1 N–H and O–H groups in total. The molecule has 2 aromatic rings. The lowest BCUT2D eigenvalue weighted by Gasteiger charge is -2.08. The zero-order valence-electron chi connectivity index (χ0n) is 11.3. The number of anilines is 1. The highest BCUT2D eigenvalue weighted by molar-refractivity contribution is 6.29. The lowest BCUT2D eigenvalue weighted by Crippen LogP contribution is -2.14. The van der Waals surface area contributed by atoms with Gasteiger partial charge in [-0.15, -0.1) is 0 Å². The summed E-state index contributed by atoms with van der Waals surface area (Å²) in [5.41, 5.74) is 0.878. The summed E-state index contributed by atoms with van der Waals surface area (Å²) in [6.07, 6.45) is 1.55. The van der Waals surface area contributed by atoms with Gasteiger partial charge in [0, 0.05) is 17.3 Å². The molecule has 0 spiro atoms. The second kappa shape index (κ2) is 6.63. The van der Waals surface area contributed by atoms with Gasteiger partial charge in [-0.25, -0.2) is 13.8 Å². The Morgan fingerprint density at radius 3 is 2.71 bits per heavy atom. The highest BCUT2D eigenvalue weighted by atomic mass is 35.5. The quantitative estimate of drug-likeness (QED) is 0.859. The number of carbonyl (C=O) groups excluding carboxylic acids is 1. The summed E-state index contributed by atoms with van der Waals surface area (Å²) in [4.78, 5) is 16.2. The number of amides is 1. The number of hydrogen-bond acceptors (Lipinski definition) is 2. The summed E-state index contributed by atoms with van der Waals surface area (Å²) < 4.78 is 26.3. The van der Waals surface area contributed by atoms with E-state index < -0.39 is 17.5 Å². The minimum atomic E-state index is -0.836. The molecule has 0 fully saturated rings. The molecule has 3 nitrogen and oxygen atoms in total. The van der Waals surface area contributed by atoms with Gasteiger partial charge in [0.15, 0.2) is 0 Å². The van der Waals surface area contributed by atoms with Crippen LogP contribution >= 0.6 is 11.6 Å². The standard InChI is InChI=1S/C15H13ClF2N2O/c1-2-3-11-6-9(7-14(16)19-11)15(21)20-13-5-4-10(17)8-12(13)18/h4-8H,2-3H2,1H3,(H,20,21). The number of rotatable bonds is 4. The Hall–Kier alpha value is -2.01. The summed E-state index contributed by atoms with van der Waals surface area (Å²) in [7, 11) is 0. The molecule has 1 aromatic carbocycles. The predicted octanol–water partition coefficient (Wildman–Crippen LogP) is 4.22. The SMILES string of the molecule is CCCc1cc(C(=O)Nc2ccc(F)cc2F)cc(Cl)n1. The molecule has 0 atom stereocenters. The van der Waals surface area contributed by atoms with Crippen LogP contribution in [0.1, 0.15) is 29.4 Å². The average Bonchev–Trinajstić information content (AvgIpc) is 2.41. The molecule has 1 amide bonds. The van der Waals surface area contributed by atoms with Gasteiger partial charge in [0.2, 0.25) is 0 Å². The number of aromatic nitrogens is 1. The molecule has 0 radical (unpaired) electrons. The topological polar surface area (TPSA) is 42.0 Å². The minimum Gasteiger partial charge on any atom is -0.319 e. The van der Waals surface area contributed by atoms with Crippen LogP contribution in [0.4, 0.5) is 14.5 Å². The van der Waals surface area contributed by atoms with Crippen LogP contribution < -0.4 is 5.32 Å². The van der Waals surface area contributed by atoms with E-state index in [-0.39, 0.29) is 16.4 Å². The maximum absolute atomic E-state index is 13.5. The van der Waals surface area contributed by atoms with Crippen molar-refractivity contribution in [3.63, 3.8) is 0 Å². The van der Waals surface area contributed by atoms with E-state index in [4.69, 9.17) is 11.6 Å². The fourth-order valence-corrected chi connectivity index (χ4v) is 2.08. The van der Waals surface area contributed by atoms with Gasteiger partial charge < -0.3 is 5.32 Å². The highest BCUT2D eigenvalue weighted by Crippen LogP contribution is 2.18. The van der Waals surface area contributed by atoms with Crippen molar-refractivity contribution in [2.75, 3.05) is 5.32 Å². The molecule has 0 unspecified atom stereocenters. The summed E-state index contributed by atoms with van der Waals surface area (Å²) in [6.45, 7) is 1.98. The molecule has 0 saturated heterocycles. The van der Waals surface area contributed by atoms with Crippen LogP contribution in [0.3, 0.4) is 0 Å². The van der Waals surface area contributed by atoms with E-state index in [0.29, 0.717) is 18.2 Å². The van der Waals surface area contributed by atoms with Gasteiger partial charge in [0.05, 0.1) is 5.69 Å². The molecule has 21 heavy (non-hydrogen) atoms. The molecule has 1 heterocycles. The van der Waals surface area contributed by atoms with Crippen LogP contribution in [0.5, 0.6) is 0 Å². The second-order valence-electron chi connectivity index (χ2n) is 4.50. The van der Waals surface area contributed by atoms with Crippen LogP contribution in [-0.2, 0) is 6.42 Å². The van der Waals surface area contributed by atoms with Crippen LogP contribution in [0, 0.1) is 11.6 Å². The van der Waals surface area contributed by atoms with Gasteiger partial charge >= 0.3 is 0 Å². The number of pyridine rings is 1. The molecule has 2 rings (SSSR count). The molecule has 0 aliphatic rings. The molecule has 6 heteroatoms. The van der Waals surface area contributed by atoms with Crippen molar-refractivity contribution >= 4 is 23.2 Å². The lowest BCUT2D eigenvalue weighted by atomic mass is 10.1. The Kier molecular flexibility index (Phi) is 4.85. The summed E-state index contributed by atoms with van der Waals surface area (Å²) >= 11 is 5.87. The third-order valence-corrected chi connectivity index (χ3v) is 2.99. The molecule has 0 aliphatic heterocycles. The number of carbonyl (C=O) groups is 1. The normalized spacial score (nSPS) is 10.5. The van der Waals surface area contributed by atoms with Gasteiger partial charge in [0.25, 0.3) is 5.91 Å². The summed E-state index contributed by atoms with van der Waals surface area (Å²) in [5, 5.41) is 2.58. The van der Waals surface area contributed by atoms with Crippen LogP contribution in [0.25, 0.3) is 0 Å². The molecule has 1 aromatic heterocycles. The van der Waals surface area contributed by atoms with Crippen molar-refractivity contribution < 1.29 is 13.6 Å². The first-order chi connectivity index (χ1) is 9.99. The highest BCUT2D eigenvalue weighted by Gasteiger charge is 2.12. The molecule has 110 valence electrons. The third-order valence-electron chi connectivity index (χ3n) is 2.79. The van der Waals surface area contributed by atoms with E-state index in [1.54, 1.807) is 6.07 Å². The molecule has 0 bridgehead atoms. The van der Waals surface area contributed by atoms with Gasteiger partial charge in [-0.3, -0.25) is 4.79 Å². The van der Waals surface area contributed by atoms with E-state index in [0.717, 1.165) is 18.6 Å². The van der Waals surface area contributed by atoms with Crippen molar-refractivity contribution in [1.82, 2.24) is 4.98 Å². The van der Waals surface area contributed by atoms with E-state index >= 15 is 0 Å². The first-order valence-electron chi connectivity index (χ1n) is 6.42.